The Morgan fingerprint density at radius 3 is 1.85 bits per heavy atom. The third kappa shape index (κ3) is 6.78. The molecule has 0 bridgehead atoms. The zero-order valence-corrected chi connectivity index (χ0v) is 13.9. The van der Waals surface area contributed by atoms with Gasteiger partial charge in [-0.3, -0.25) is 0 Å². The monoisotopic (exact) mass is 277 g/mol. The highest BCUT2D eigenvalue weighted by atomic mass is 15.0. The topological polar surface area (TPSA) is 37.0 Å². The summed E-state index contributed by atoms with van der Waals surface area (Å²) < 4.78 is 0. The molecule has 0 spiro atoms. The molecule has 0 saturated carbocycles. The van der Waals surface area contributed by atoms with Gasteiger partial charge in [-0.1, -0.05) is 27.7 Å². The van der Waals surface area contributed by atoms with Gasteiger partial charge in [0.1, 0.15) is 5.82 Å². The fraction of sp³-hybridized carbons (Fsp3) is 0.706. The number of aromatic nitrogens is 1. The lowest BCUT2D eigenvalue weighted by Crippen LogP contribution is -2.19. The van der Waals surface area contributed by atoms with E-state index in [1.807, 2.05) is 6.20 Å². The van der Waals surface area contributed by atoms with Gasteiger partial charge >= 0.3 is 0 Å². The molecule has 114 valence electrons. The van der Waals surface area contributed by atoms with Gasteiger partial charge in [0.25, 0.3) is 0 Å². The highest BCUT2D eigenvalue weighted by Gasteiger charge is 2.07. The molecule has 0 amide bonds. The number of nitrogens with zero attached hydrogens (tertiary/aromatic N) is 1. The summed E-state index contributed by atoms with van der Waals surface area (Å²) in [4.78, 5) is 4.48. The molecule has 0 aliphatic carbocycles. The van der Waals surface area contributed by atoms with Crippen molar-refractivity contribution in [3.63, 3.8) is 0 Å². The first-order chi connectivity index (χ1) is 9.36. The summed E-state index contributed by atoms with van der Waals surface area (Å²) in [5, 5.41) is 6.94. The lowest BCUT2D eigenvalue weighted by Gasteiger charge is -2.18. The van der Waals surface area contributed by atoms with Crippen molar-refractivity contribution in [2.75, 3.05) is 10.6 Å². The van der Waals surface area contributed by atoms with Gasteiger partial charge in [0.05, 0.1) is 11.9 Å². The van der Waals surface area contributed by atoms with Crippen molar-refractivity contribution in [3.8, 4) is 0 Å². The van der Waals surface area contributed by atoms with Crippen molar-refractivity contribution in [3.05, 3.63) is 18.3 Å². The Hall–Kier alpha value is -1.25. The van der Waals surface area contributed by atoms with Crippen molar-refractivity contribution in [1.29, 1.82) is 0 Å². The van der Waals surface area contributed by atoms with Gasteiger partial charge < -0.3 is 10.6 Å². The minimum absolute atomic E-state index is 0.459. The summed E-state index contributed by atoms with van der Waals surface area (Å²) in [6.45, 7) is 13.4. The largest absolute Gasteiger partial charge is 0.381 e. The molecule has 0 aliphatic heterocycles. The van der Waals surface area contributed by atoms with E-state index in [-0.39, 0.29) is 0 Å². The summed E-state index contributed by atoms with van der Waals surface area (Å²) in [6.07, 6.45) is 4.25. The summed E-state index contributed by atoms with van der Waals surface area (Å²) in [6, 6.07) is 5.10. The molecule has 0 aromatic carbocycles. The van der Waals surface area contributed by atoms with E-state index in [2.05, 4.69) is 69.3 Å². The fourth-order valence-corrected chi connectivity index (χ4v) is 2.63. The molecule has 1 rings (SSSR count). The number of anilines is 2. The molecule has 2 unspecified atom stereocenters. The maximum atomic E-state index is 4.48. The van der Waals surface area contributed by atoms with Crippen molar-refractivity contribution in [1.82, 2.24) is 4.98 Å². The average Bonchev–Trinajstić information content (AvgIpc) is 2.29. The van der Waals surface area contributed by atoms with Crippen molar-refractivity contribution >= 4 is 11.5 Å². The zero-order valence-electron chi connectivity index (χ0n) is 13.9. The van der Waals surface area contributed by atoms with E-state index in [1.165, 1.54) is 6.42 Å². The first-order valence-electron chi connectivity index (χ1n) is 7.86. The Kier molecular flexibility index (Phi) is 6.83. The molecule has 0 fully saturated rings. The predicted octanol–water partition coefficient (Wildman–Crippen LogP) is 4.77. The summed E-state index contributed by atoms with van der Waals surface area (Å²) >= 11 is 0. The molecule has 1 aromatic heterocycles. The molecule has 0 saturated heterocycles. The third-order valence-electron chi connectivity index (χ3n) is 3.22. The average molecular weight is 277 g/mol. The Morgan fingerprint density at radius 2 is 1.40 bits per heavy atom. The fourth-order valence-electron chi connectivity index (χ4n) is 2.63. The number of hydrogen-bond donors (Lipinski definition) is 2. The lowest BCUT2D eigenvalue weighted by atomic mass is 10.1. The second-order valence-corrected chi connectivity index (χ2v) is 6.78. The van der Waals surface area contributed by atoms with E-state index in [0.29, 0.717) is 23.9 Å². The Balaban J connectivity index is 2.47. The molecule has 0 aliphatic rings. The van der Waals surface area contributed by atoms with Gasteiger partial charge in [0.15, 0.2) is 0 Å². The standard InChI is InChI=1S/C17H31N3/c1-12(2)9-14(5)19-16-7-8-17(18-11-16)20-15(6)10-13(3)4/h7-8,11-15,19H,9-10H2,1-6H3,(H,18,20). The molecular formula is C17H31N3. The van der Waals surface area contributed by atoms with Crippen LogP contribution in [0.25, 0.3) is 0 Å². The van der Waals surface area contributed by atoms with Crippen LogP contribution in [0.1, 0.15) is 54.4 Å². The van der Waals surface area contributed by atoms with Crippen LogP contribution in [-0.2, 0) is 0 Å². The minimum Gasteiger partial charge on any atom is -0.381 e. The van der Waals surface area contributed by atoms with Crippen LogP contribution in [0.5, 0.6) is 0 Å². The molecule has 1 aromatic rings. The second kappa shape index (κ2) is 8.13. The summed E-state index contributed by atoms with van der Waals surface area (Å²) in [5.41, 5.74) is 1.10. The van der Waals surface area contributed by atoms with Crippen LogP contribution in [0.15, 0.2) is 18.3 Å². The molecular weight excluding hydrogens is 246 g/mol. The summed E-state index contributed by atoms with van der Waals surface area (Å²) in [7, 11) is 0. The molecule has 2 atom stereocenters. The Labute approximate surface area is 124 Å². The summed E-state index contributed by atoms with van der Waals surface area (Å²) in [5.74, 6) is 2.37. The number of rotatable bonds is 8. The van der Waals surface area contributed by atoms with E-state index in [9.17, 15) is 0 Å². The molecule has 2 N–H and O–H groups in total. The Morgan fingerprint density at radius 1 is 0.850 bits per heavy atom. The van der Waals surface area contributed by atoms with E-state index < -0.39 is 0 Å². The van der Waals surface area contributed by atoms with Crippen LogP contribution in [0, 0.1) is 11.8 Å². The van der Waals surface area contributed by atoms with Gasteiger partial charge in [-0.05, 0) is 50.7 Å². The van der Waals surface area contributed by atoms with E-state index in [4.69, 9.17) is 0 Å². The second-order valence-electron chi connectivity index (χ2n) is 6.78. The van der Waals surface area contributed by atoms with E-state index in [1.54, 1.807) is 0 Å². The highest BCUT2D eigenvalue weighted by molar-refractivity contribution is 5.48. The van der Waals surface area contributed by atoms with Crippen LogP contribution in [0.3, 0.4) is 0 Å². The number of pyridine rings is 1. The first kappa shape index (κ1) is 16.8. The van der Waals surface area contributed by atoms with Gasteiger partial charge in [-0.2, -0.15) is 0 Å². The van der Waals surface area contributed by atoms with Gasteiger partial charge in [-0.25, -0.2) is 4.98 Å². The molecule has 0 radical (unpaired) electrons. The smallest absolute Gasteiger partial charge is 0.126 e. The van der Waals surface area contributed by atoms with Gasteiger partial charge in [-0.15, -0.1) is 0 Å². The number of nitrogens with one attached hydrogen (secondary N) is 2. The van der Waals surface area contributed by atoms with Gasteiger partial charge in [0, 0.05) is 12.1 Å². The number of hydrogen-bond acceptors (Lipinski definition) is 3. The Bertz CT molecular complexity index is 333. The van der Waals surface area contributed by atoms with Crippen molar-refractivity contribution in [2.45, 2.75) is 66.5 Å². The van der Waals surface area contributed by atoms with Crippen molar-refractivity contribution < 1.29 is 0 Å². The van der Waals surface area contributed by atoms with E-state index >= 15 is 0 Å². The molecule has 3 heteroatoms. The zero-order chi connectivity index (χ0) is 15.1. The SMILES string of the molecule is CC(C)CC(C)Nc1ccc(NC(C)CC(C)C)nc1. The minimum atomic E-state index is 0.459. The molecule has 3 nitrogen and oxygen atoms in total. The van der Waals surface area contributed by atoms with Crippen molar-refractivity contribution in [2.24, 2.45) is 11.8 Å². The predicted molar refractivity (Wildman–Crippen MR) is 89.3 cm³/mol. The van der Waals surface area contributed by atoms with Crippen LogP contribution < -0.4 is 10.6 Å². The maximum Gasteiger partial charge on any atom is 0.126 e. The highest BCUT2D eigenvalue weighted by Crippen LogP contribution is 2.15. The first-order valence-corrected chi connectivity index (χ1v) is 7.86. The third-order valence-corrected chi connectivity index (χ3v) is 3.22. The quantitative estimate of drug-likeness (QED) is 0.718. The molecule has 20 heavy (non-hydrogen) atoms. The lowest BCUT2D eigenvalue weighted by molar-refractivity contribution is 0.538. The van der Waals surface area contributed by atoms with Crippen LogP contribution >= 0.6 is 0 Å². The maximum absolute atomic E-state index is 4.48. The van der Waals surface area contributed by atoms with Gasteiger partial charge in [0.2, 0.25) is 0 Å². The van der Waals surface area contributed by atoms with E-state index in [0.717, 1.165) is 17.9 Å². The molecule has 1 heterocycles. The van der Waals surface area contributed by atoms with Crippen LogP contribution in [0.2, 0.25) is 0 Å². The van der Waals surface area contributed by atoms with Crippen LogP contribution in [0.4, 0.5) is 11.5 Å². The normalized spacial score (nSPS) is 14.4. The van der Waals surface area contributed by atoms with Crippen LogP contribution in [-0.4, -0.2) is 17.1 Å².